The van der Waals surface area contributed by atoms with Crippen LogP contribution in [0.2, 0.25) is 0 Å². The number of carbonyl (C=O) groups is 1. The van der Waals surface area contributed by atoms with Crippen LogP contribution in [0.15, 0.2) is 51.7 Å². The summed E-state index contributed by atoms with van der Waals surface area (Å²) in [6.07, 6.45) is 0.876. The number of hydrogen-bond donors (Lipinski definition) is 1. The first kappa shape index (κ1) is 17.0. The summed E-state index contributed by atoms with van der Waals surface area (Å²) in [5.74, 6) is 1.21. The molecule has 0 atom stereocenters. The zero-order chi connectivity index (χ0) is 18.8. The van der Waals surface area contributed by atoms with Crippen molar-refractivity contribution in [1.82, 2.24) is 0 Å². The zero-order valence-corrected chi connectivity index (χ0v) is 14.6. The fourth-order valence-electron chi connectivity index (χ4n) is 2.73. The molecule has 1 aromatic heterocycles. The SMILES string of the molecule is CCCOc1ccc2cc(C(=O)Nc3ccc4c(c3)OCO4)c(=O)oc2c1. The summed E-state index contributed by atoms with van der Waals surface area (Å²) < 4.78 is 21.4. The molecule has 2 heterocycles. The number of anilines is 1. The van der Waals surface area contributed by atoms with Crippen molar-refractivity contribution in [2.45, 2.75) is 13.3 Å². The minimum absolute atomic E-state index is 0.0811. The highest BCUT2D eigenvalue weighted by molar-refractivity contribution is 6.05. The molecule has 0 spiro atoms. The van der Waals surface area contributed by atoms with E-state index < -0.39 is 11.5 Å². The Morgan fingerprint density at radius 1 is 1.11 bits per heavy atom. The summed E-state index contributed by atoms with van der Waals surface area (Å²) in [7, 11) is 0. The second-order valence-corrected chi connectivity index (χ2v) is 6.02. The van der Waals surface area contributed by atoms with Crippen LogP contribution >= 0.6 is 0 Å². The van der Waals surface area contributed by atoms with E-state index in [1.54, 1.807) is 36.4 Å². The van der Waals surface area contributed by atoms with Gasteiger partial charge in [-0.25, -0.2) is 4.79 Å². The minimum Gasteiger partial charge on any atom is -0.493 e. The molecular formula is C20H17NO6. The van der Waals surface area contributed by atoms with E-state index in [2.05, 4.69) is 5.32 Å². The number of amides is 1. The molecule has 0 radical (unpaired) electrons. The number of carbonyl (C=O) groups excluding carboxylic acids is 1. The predicted octanol–water partition coefficient (Wildman–Crippen LogP) is 3.56. The molecule has 138 valence electrons. The standard InChI is InChI=1S/C20H17NO6/c1-2-7-24-14-5-3-12-8-15(20(23)27-17(12)10-14)19(22)21-13-4-6-16-18(9-13)26-11-25-16/h3-6,8-10H,2,7,11H2,1H3,(H,21,22). The molecule has 1 aliphatic heterocycles. The normalized spacial score (nSPS) is 12.2. The van der Waals surface area contributed by atoms with Crippen LogP contribution in [-0.4, -0.2) is 19.3 Å². The molecule has 27 heavy (non-hydrogen) atoms. The molecule has 3 aromatic rings. The van der Waals surface area contributed by atoms with Crippen LogP contribution in [0.1, 0.15) is 23.7 Å². The average molecular weight is 367 g/mol. The largest absolute Gasteiger partial charge is 0.493 e. The third-order valence-corrected chi connectivity index (χ3v) is 4.06. The third-order valence-electron chi connectivity index (χ3n) is 4.06. The Morgan fingerprint density at radius 3 is 2.81 bits per heavy atom. The van der Waals surface area contributed by atoms with Crippen molar-refractivity contribution in [3.05, 3.63) is 58.4 Å². The summed E-state index contributed by atoms with van der Waals surface area (Å²) in [5, 5.41) is 3.31. The lowest BCUT2D eigenvalue weighted by atomic mass is 10.1. The van der Waals surface area contributed by atoms with Gasteiger partial charge in [-0.15, -0.1) is 0 Å². The molecule has 1 aliphatic rings. The monoisotopic (exact) mass is 367 g/mol. The van der Waals surface area contributed by atoms with Gasteiger partial charge in [0.15, 0.2) is 11.5 Å². The number of nitrogens with one attached hydrogen (secondary N) is 1. The lowest BCUT2D eigenvalue weighted by molar-refractivity contribution is 0.102. The van der Waals surface area contributed by atoms with Gasteiger partial charge < -0.3 is 23.9 Å². The van der Waals surface area contributed by atoms with Crippen LogP contribution in [0, 0.1) is 0 Å². The first-order valence-electron chi connectivity index (χ1n) is 8.56. The summed E-state index contributed by atoms with van der Waals surface area (Å²) in [5.41, 5.74) is 0.0658. The molecular weight excluding hydrogens is 350 g/mol. The van der Waals surface area contributed by atoms with Gasteiger partial charge in [-0.3, -0.25) is 4.79 Å². The molecule has 4 rings (SSSR count). The van der Waals surface area contributed by atoms with Gasteiger partial charge in [0.2, 0.25) is 6.79 Å². The van der Waals surface area contributed by atoms with Crippen molar-refractivity contribution in [2.24, 2.45) is 0 Å². The number of ether oxygens (including phenoxy) is 3. The highest BCUT2D eigenvalue weighted by atomic mass is 16.7. The van der Waals surface area contributed by atoms with Crippen LogP contribution in [0.4, 0.5) is 5.69 Å². The Kier molecular flexibility index (Phi) is 4.42. The summed E-state index contributed by atoms with van der Waals surface area (Å²) in [6.45, 7) is 2.73. The van der Waals surface area contributed by atoms with E-state index >= 15 is 0 Å². The highest BCUT2D eigenvalue weighted by Gasteiger charge is 2.17. The Bertz CT molecular complexity index is 1070. The topological polar surface area (TPSA) is 87.0 Å². The fraction of sp³-hybridized carbons (Fsp3) is 0.200. The lowest BCUT2D eigenvalue weighted by Crippen LogP contribution is -2.20. The summed E-state index contributed by atoms with van der Waals surface area (Å²) in [6, 6.07) is 11.7. The maximum absolute atomic E-state index is 12.5. The van der Waals surface area contributed by atoms with Gasteiger partial charge in [-0.1, -0.05) is 6.92 Å². The van der Waals surface area contributed by atoms with Crippen LogP contribution in [0.5, 0.6) is 17.2 Å². The van der Waals surface area contributed by atoms with Gasteiger partial charge in [-0.2, -0.15) is 0 Å². The van der Waals surface area contributed by atoms with Crippen LogP contribution in [0.25, 0.3) is 11.0 Å². The number of rotatable bonds is 5. The predicted molar refractivity (Wildman–Crippen MR) is 98.8 cm³/mol. The number of hydrogen-bond acceptors (Lipinski definition) is 6. The molecule has 1 N–H and O–H groups in total. The molecule has 0 fully saturated rings. The maximum atomic E-state index is 12.5. The zero-order valence-electron chi connectivity index (χ0n) is 14.6. The Labute approximate surface area is 154 Å². The molecule has 0 aliphatic carbocycles. The van der Waals surface area contributed by atoms with Gasteiger partial charge in [0.1, 0.15) is 16.9 Å². The van der Waals surface area contributed by atoms with Crippen LogP contribution < -0.4 is 25.2 Å². The lowest BCUT2D eigenvalue weighted by Gasteiger charge is -2.07. The van der Waals surface area contributed by atoms with Crippen molar-refractivity contribution >= 4 is 22.6 Å². The Morgan fingerprint density at radius 2 is 1.96 bits per heavy atom. The number of benzene rings is 2. The second kappa shape index (κ2) is 7.03. The second-order valence-electron chi connectivity index (χ2n) is 6.02. The van der Waals surface area contributed by atoms with Gasteiger partial charge >= 0.3 is 5.63 Å². The Balaban J connectivity index is 1.59. The van der Waals surface area contributed by atoms with E-state index in [-0.39, 0.29) is 12.4 Å². The first-order chi connectivity index (χ1) is 13.1. The van der Waals surface area contributed by atoms with Crippen molar-refractivity contribution in [3.63, 3.8) is 0 Å². The fourth-order valence-corrected chi connectivity index (χ4v) is 2.73. The van der Waals surface area contributed by atoms with Crippen molar-refractivity contribution in [2.75, 3.05) is 18.7 Å². The Hall–Kier alpha value is -3.48. The van der Waals surface area contributed by atoms with Crippen molar-refractivity contribution in [1.29, 1.82) is 0 Å². The highest BCUT2D eigenvalue weighted by Crippen LogP contribution is 2.34. The summed E-state index contributed by atoms with van der Waals surface area (Å²) in [4.78, 5) is 24.8. The molecule has 0 unspecified atom stereocenters. The van der Waals surface area contributed by atoms with Crippen LogP contribution in [0.3, 0.4) is 0 Å². The smallest absolute Gasteiger partial charge is 0.349 e. The third kappa shape index (κ3) is 3.44. The minimum atomic E-state index is -0.714. The van der Waals surface area contributed by atoms with Crippen molar-refractivity contribution in [3.8, 4) is 17.2 Å². The molecule has 0 saturated heterocycles. The van der Waals surface area contributed by atoms with E-state index in [0.717, 1.165) is 6.42 Å². The van der Waals surface area contributed by atoms with E-state index in [1.165, 1.54) is 6.07 Å². The quantitative estimate of drug-likeness (QED) is 0.694. The van der Waals surface area contributed by atoms with E-state index in [1.807, 2.05) is 6.92 Å². The molecule has 7 heteroatoms. The van der Waals surface area contributed by atoms with Gasteiger partial charge in [0, 0.05) is 23.2 Å². The number of fused-ring (bicyclic) bond motifs is 2. The summed E-state index contributed by atoms with van der Waals surface area (Å²) >= 11 is 0. The average Bonchev–Trinajstić information content (AvgIpc) is 3.13. The van der Waals surface area contributed by atoms with Crippen molar-refractivity contribution < 1.29 is 23.4 Å². The molecule has 7 nitrogen and oxygen atoms in total. The van der Waals surface area contributed by atoms with Gasteiger partial charge in [0.25, 0.3) is 5.91 Å². The van der Waals surface area contributed by atoms with E-state index in [0.29, 0.717) is 40.5 Å². The van der Waals surface area contributed by atoms with Gasteiger partial charge in [-0.05, 0) is 36.8 Å². The molecule has 0 saturated carbocycles. The first-order valence-corrected chi connectivity index (χ1v) is 8.56. The maximum Gasteiger partial charge on any atom is 0.349 e. The van der Waals surface area contributed by atoms with Gasteiger partial charge in [0.05, 0.1) is 6.61 Å². The van der Waals surface area contributed by atoms with Crippen LogP contribution in [-0.2, 0) is 0 Å². The molecule has 2 aromatic carbocycles. The molecule has 0 bridgehead atoms. The van der Waals surface area contributed by atoms with E-state index in [9.17, 15) is 9.59 Å². The van der Waals surface area contributed by atoms with E-state index in [4.69, 9.17) is 18.6 Å². The molecule has 1 amide bonds.